The van der Waals surface area contributed by atoms with Crippen LogP contribution in [0.2, 0.25) is 0 Å². The van der Waals surface area contributed by atoms with Crippen molar-refractivity contribution in [2.24, 2.45) is 11.1 Å². The molecule has 19 heavy (non-hydrogen) atoms. The van der Waals surface area contributed by atoms with E-state index in [1.165, 1.54) is 18.4 Å². The second kappa shape index (κ2) is 4.78. The van der Waals surface area contributed by atoms with Crippen molar-refractivity contribution in [3.63, 3.8) is 0 Å². The standard InChI is InChI=1S/C15H20N4/c1-2-12-3-5-13(6-4-12)14-9-19(18-17-14)11-15(10-16)7-8-15/h3-6,9H,2,7-8,10-11,16H2,1H3. The van der Waals surface area contributed by atoms with E-state index in [-0.39, 0.29) is 5.41 Å². The lowest BCUT2D eigenvalue weighted by atomic mass is 10.1. The molecule has 0 radical (unpaired) electrons. The SMILES string of the molecule is CCc1ccc(-c2cn(CC3(CN)CC3)nn2)cc1. The van der Waals surface area contributed by atoms with Crippen LogP contribution in [0.3, 0.4) is 0 Å². The highest BCUT2D eigenvalue weighted by molar-refractivity contribution is 5.57. The van der Waals surface area contributed by atoms with Crippen molar-refractivity contribution in [1.29, 1.82) is 0 Å². The molecule has 1 heterocycles. The Bertz CT molecular complexity index is 552. The van der Waals surface area contributed by atoms with E-state index in [1.54, 1.807) is 0 Å². The summed E-state index contributed by atoms with van der Waals surface area (Å²) in [5, 5.41) is 8.48. The second-order valence-electron chi connectivity index (χ2n) is 5.56. The highest BCUT2D eigenvalue weighted by atomic mass is 15.4. The van der Waals surface area contributed by atoms with Crippen LogP contribution in [-0.2, 0) is 13.0 Å². The van der Waals surface area contributed by atoms with Crippen molar-refractivity contribution in [3.8, 4) is 11.3 Å². The Morgan fingerprint density at radius 2 is 2.00 bits per heavy atom. The Morgan fingerprint density at radius 1 is 1.26 bits per heavy atom. The topological polar surface area (TPSA) is 56.7 Å². The maximum Gasteiger partial charge on any atom is 0.113 e. The summed E-state index contributed by atoms with van der Waals surface area (Å²) in [6.07, 6.45) is 5.51. The zero-order valence-electron chi connectivity index (χ0n) is 11.3. The van der Waals surface area contributed by atoms with Crippen LogP contribution < -0.4 is 5.73 Å². The highest BCUT2D eigenvalue weighted by Gasteiger charge is 2.41. The molecule has 1 fully saturated rings. The Balaban J connectivity index is 1.76. The Morgan fingerprint density at radius 3 is 2.58 bits per heavy atom. The van der Waals surface area contributed by atoms with E-state index in [1.807, 2.05) is 10.9 Å². The lowest BCUT2D eigenvalue weighted by Gasteiger charge is -2.10. The molecular weight excluding hydrogens is 236 g/mol. The molecule has 1 saturated carbocycles. The number of nitrogens with two attached hydrogens (primary N) is 1. The van der Waals surface area contributed by atoms with Crippen LogP contribution >= 0.6 is 0 Å². The lowest BCUT2D eigenvalue weighted by molar-refractivity contribution is 0.400. The van der Waals surface area contributed by atoms with Crippen LogP contribution in [0, 0.1) is 5.41 Å². The van der Waals surface area contributed by atoms with Gasteiger partial charge in [-0.05, 0) is 31.4 Å². The maximum atomic E-state index is 5.80. The number of hydrogen-bond acceptors (Lipinski definition) is 3. The molecular formula is C15H20N4. The Labute approximate surface area is 113 Å². The van der Waals surface area contributed by atoms with Gasteiger partial charge in [-0.15, -0.1) is 5.10 Å². The fourth-order valence-electron chi connectivity index (χ4n) is 2.37. The summed E-state index contributed by atoms with van der Waals surface area (Å²) in [6, 6.07) is 8.53. The largest absolute Gasteiger partial charge is 0.330 e. The summed E-state index contributed by atoms with van der Waals surface area (Å²) < 4.78 is 1.93. The Hall–Kier alpha value is -1.68. The summed E-state index contributed by atoms with van der Waals surface area (Å²) in [6.45, 7) is 3.80. The van der Waals surface area contributed by atoms with Gasteiger partial charge in [-0.2, -0.15) is 0 Å². The maximum absolute atomic E-state index is 5.80. The van der Waals surface area contributed by atoms with E-state index in [9.17, 15) is 0 Å². The van der Waals surface area contributed by atoms with Crippen molar-refractivity contribution >= 4 is 0 Å². The van der Waals surface area contributed by atoms with Gasteiger partial charge in [0.15, 0.2) is 0 Å². The summed E-state index contributed by atoms with van der Waals surface area (Å²) in [5.41, 5.74) is 9.50. The third-order valence-corrected chi connectivity index (χ3v) is 4.08. The third kappa shape index (κ3) is 2.54. The van der Waals surface area contributed by atoms with Gasteiger partial charge in [0.2, 0.25) is 0 Å². The van der Waals surface area contributed by atoms with Crippen molar-refractivity contribution in [2.45, 2.75) is 32.7 Å². The summed E-state index contributed by atoms with van der Waals surface area (Å²) in [7, 11) is 0. The molecule has 4 heteroatoms. The van der Waals surface area contributed by atoms with Gasteiger partial charge in [0.1, 0.15) is 5.69 Å². The number of aryl methyl sites for hydroxylation is 1. The Kier molecular flexibility index (Phi) is 3.11. The van der Waals surface area contributed by atoms with Crippen LogP contribution in [-0.4, -0.2) is 21.5 Å². The molecule has 0 saturated heterocycles. The first-order valence-electron chi connectivity index (χ1n) is 6.94. The predicted molar refractivity (Wildman–Crippen MR) is 75.6 cm³/mol. The fourth-order valence-corrected chi connectivity index (χ4v) is 2.37. The molecule has 1 aromatic carbocycles. The first-order valence-corrected chi connectivity index (χ1v) is 6.94. The molecule has 0 spiro atoms. The van der Waals surface area contributed by atoms with Crippen LogP contribution in [0.5, 0.6) is 0 Å². The van der Waals surface area contributed by atoms with Crippen LogP contribution in [0.1, 0.15) is 25.3 Å². The number of rotatable bonds is 5. The molecule has 2 N–H and O–H groups in total. The number of aromatic nitrogens is 3. The fraction of sp³-hybridized carbons (Fsp3) is 0.467. The molecule has 100 valence electrons. The predicted octanol–water partition coefficient (Wildman–Crippen LogP) is 2.25. The van der Waals surface area contributed by atoms with Crippen molar-refractivity contribution in [3.05, 3.63) is 36.0 Å². The molecule has 1 aromatic heterocycles. The van der Waals surface area contributed by atoms with Crippen LogP contribution in [0.4, 0.5) is 0 Å². The first kappa shape index (κ1) is 12.4. The minimum Gasteiger partial charge on any atom is -0.330 e. The molecule has 4 nitrogen and oxygen atoms in total. The normalized spacial score (nSPS) is 16.5. The van der Waals surface area contributed by atoms with Gasteiger partial charge < -0.3 is 5.73 Å². The van der Waals surface area contributed by atoms with E-state index < -0.39 is 0 Å². The van der Waals surface area contributed by atoms with Gasteiger partial charge in [0, 0.05) is 17.5 Å². The van der Waals surface area contributed by atoms with E-state index in [2.05, 4.69) is 41.5 Å². The zero-order chi connectivity index (χ0) is 13.3. The third-order valence-electron chi connectivity index (χ3n) is 4.08. The van der Waals surface area contributed by atoms with Gasteiger partial charge >= 0.3 is 0 Å². The molecule has 3 rings (SSSR count). The van der Waals surface area contributed by atoms with Crippen LogP contribution in [0.25, 0.3) is 11.3 Å². The second-order valence-corrected chi connectivity index (χ2v) is 5.56. The molecule has 0 aliphatic heterocycles. The number of nitrogens with zero attached hydrogens (tertiary/aromatic N) is 3. The van der Waals surface area contributed by atoms with Crippen molar-refractivity contribution in [2.75, 3.05) is 6.54 Å². The number of hydrogen-bond donors (Lipinski definition) is 1. The van der Waals surface area contributed by atoms with Crippen molar-refractivity contribution in [1.82, 2.24) is 15.0 Å². The summed E-state index contributed by atoms with van der Waals surface area (Å²) in [4.78, 5) is 0. The monoisotopic (exact) mass is 256 g/mol. The molecule has 0 unspecified atom stereocenters. The molecule has 0 amide bonds. The summed E-state index contributed by atoms with van der Waals surface area (Å²) >= 11 is 0. The van der Waals surface area contributed by atoms with Gasteiger partial charge in [0.05, 0.1) is 6.20 Å². The molecule has 2 aromatic rings. The summed E-state index contributed by atoms with van der Waals surface area (Å²) in [5.74, 6) is 0. The zero-order valence-corrected chi connectivity index (χ0v) is 11.3. The molecule has 1 aliphatic carbocycles. The average molecular weight is 256 g/mol. The highest BCUT2D eigenvalue weighted by Crippen LogP contribution is 2.45. The van der Waals surface area contributed by atoms with Crippen molar-refractivity contribution < 1.29 is 0 Å². The van der Waals surface area contributed by atoms with E-state index in [0.29, 0.717) is 0 Å². The number of benzene rings is 1. The minimum absolute atomic E-state index is 0.289. The lowest BCUT2D eigenvalue weighted by Crippen LogP contribution is -2.21. The van der Waals surface area contributed by atoms with Gasteiger partial charge in [0.25, 0.3) is 0 Å². The molecule has 0 atom stereocenters. The van der Waals surface area contributed by atoms with Gasteiger partial charge in [-0.1, -0.05) is 36.4 Å². The van der Waals surface area contributed by atoms with E-state index in [0.717, 1.165) is 30.8 Å². The van der Waals surface area contributed by atoms with E-state index >= 15 is 0 Å². The minimum atomic E-state index is 0.289. The van der Waals surface area contributed by atoms with Gasteiger partial charge in [-0.3, -0.25) is 4.68 Å². The van der Waals surface area contributed by atoms with Crippen LogP contribution in [0.15, 0.2) is 30.5 Å². The smallest absolute Gasteiger partial charge is 0.113 e. The van der Waals surface area contributed by atoms with E-state index in [4.69, 9.17) is 5.73 Å². The average Bonchev–Trinajstić information content (AvgIpc) is 3.08. The van der Waals surface area contributed by atoms with Gasteiger partial charge in [-0.25, -0.2) is 0 Å². The molecule has 1 aliphatic rings. The first-order chi connectivity index (χ1) is 9.24. The molecule has 0 bridgehead atoms. The quantitative estimate of drug-likeness (QED) is 0.892.